The van der Waals surface area contributed by atoms with E-state index in [-0.39, 0.29) is 0 Å². The van der Waals surface area contributed by atoms with Crippen LogP contribution in [0.4, 0.5) is 0 Å². The Bertz CT molecular complexity index is 283. The maximum Gasteiger partial charge on any atom is 0.106 e. The normalized spacial score (nSPS) is 33.1. The van der Waals surface area contributed by atoms with Crippen LogP contribution in [0.25, 0.3) is 0 Å². The molecule has 2 atom stereocenters. The molecule has 0 bridgehead atoms. The molecule has 2 rings (SSSR count). The van der Waals surface area contributed by atoms with Crippen molar-refractivity contribution < 1.29 is 9.52 Å². The van der Waals surface area contributed by atoms with Gasteiger partial charge in [-0.15, -0.1) is 0 Å². The van der Waals surface area contributed by atoms with Gasteiger partial charge in [-0.25, -0.2) is 0 Å². The molecule has 1 aliphatic heterocycles. The first-order valence-corrected chi connectivity index (χ1v) is 6.12. The molecule has 0 spiro atoms. The molecule has 0 radical (unpaired) electrons. The molecule has 1 fully saturated rings. The molecular weight excluding hydrogens is 196 g/mol. The number of thioether (sulfide) groups is 1. The summed E-state index contributed by atoms with van der Waals surface area (Å²) in [5, 5.41) is 10.7. The molecular formula is C11H16O2S. The lowest BCUT2D eigenvalue weighted by atomic mass is 9.89. The fourth-order valence-corrected chi connectivity index (χ4v) is 3.12. The summed E-state index contributed by atoms with van der Waals surface area (Å²) in [4.78, 5) is 0. The fourth-order valence-electron chi connectivity index (χ4n) is 1.94. The lowest BCUT2D eigenvalue weighted by Gasteiger charge is -2.37. The SMILES string of the molecule is CC1SCCCC1(O)Cc1ccco1. The summed E-state index contributed by atoms with van der Waals surface area (Å²) in [6.45, 7) is 2.10. The molecule has 2 unspecified atom stereocenters. The molecule has 1 aromatic heterocycles. The zero-order chi connectivity index (χ0) is 10.0. The van der Waals surface area contributed by atoms with E-state index in [0.29, 0.717) is 11.7 Å². The Morgan fingerprint density at radius 1 is 1.71 bits per heavy atom. The molecule has 0 aromatic carbocycles. The highest BCUT2D eigenvalue weighted by molar-refractivity contribution is 8.00. The Balaban J connectivity index is 2.07. The number of furan rings is 1. The largest absolute Gasteiger partial charge is 0.469 e. The highest BCUT2D eigenvalue weighted by Gasteiger charge is 2.37. The molecule has 2 nitrogen and oxygen atoms in total. The van der Waals surface area contributed by atoms with Crippen molar-refractivity contribution in [2.75, 3.05) is 5.75 Å². The molecule has 14 heavy (non-hydrogen) atoms. The van der Waals surface area contributed by atoms with Crippen LogP contribution in [0.1, 0.15) is 25.5 Å². The van der Waals surface area contributed by atoms with E-state index >= 15 is 0 Å². The van der Waals surface area contributed by atoms with Crippen LogP contribution in [0.15, 0.2) is 22.8 Å². The van der Waals surface area contributed by atoms with Crippen LogP contribution in [0.3, 0.4) is 0 Å². The average Bonchev–Trinajstić information content (AvgIpc) is 2.63. The van der Waals surface area contributed by atoms with Gasteiger partial charge in [0.2, 0.25) is 0 Å². The molecule has 0 aliphatic carbocycles. The van der Waals surface area contributed by atoms with E-state index in [2.05, 4.69) is 6.92 Å². The van der Waals surface area contributed by atoms with Gasteiger partial charge in [-0.05, 0) is 30.7 Å². The third kappa shape index (κ3) is 1.98. The topological polar surface area (TPSA) is 33.4 Å². The average molecular weight is 212 g/mol. The lowest BCUT2D eigenvalue weighted by molar-refractivity contribution is 0.0251. The summed E-state index contributed by atoms with van der Waals surface area (Å²) in [5.41, 5.74) is -0.569. The van der Waals surface area contributed by atoms with Crippen molar-refractivity contribution in [1.82, 2.24) is 0 Å². The summed E-state index contributed by atoms with van der Waals surface area (Å²) in [6.07, 6.45) is 4.31. The van der Waals surface area contributed by atoms with Gasteiger partial charge in [0.1, 0.15) is 5.76 Å². The fraction of sp³-hybridized carbons (Fsp3) is 0.636. The molecule has 3 heteroatoms. The zero-order valence-electron chi connectivity index (χ0n) is 8.40. The van der Waals surface area contributed by atoms with Crippen molar-refractivity contribution in [2.24, 2.45) is 0 Å². The zero-order valence-corrected chi connectivity index (χ0v) is 9.22. The van der Waals surface area contributed by atoms with Crippen LogP contribution >= 0.6 is 11.8 Å². The Hall–Kier alpha value is -0.410. The number of hydrogen-bond acceptors (Lipinski definition) is 3. The molecule has 78 valence electrons. The summed E-state index contributed by atoms with van der Waals surface area (Å²) in [7, 11) is 0. The Labute approximate surface area is 88.7 Å². The van der Waals surface area contributed by atoms with E-state index in [1.54, 1.807) is 6.26 Å². The maximum absolute atomic E-state index is 10.4. The van der Waals surface area contributed by atoms with Crippen molar-refractivity contribution >= 4 is 11.8 Å². The number of hydrogen-bond donors (Lipinski definition) is 1. The Morgan fingerprint density at radius 2 is 2.57 bits per heavy atom. The van der Waals surface area contributed by atoms with E-state index in [1.165, 1.54) is 5.75 Å². The van der Waals surface area contributed by atoms with Crippen LogP contribution in [0, 0.1) is 0 Å². The van der Waals surface area contributed by atoms with E-state index in [1.807, 2.05) is 23.9 Å². The summed E-state index contributed by atoms with van der Waals surface area (Å²) < 4.78 is 5.28. The van der Waals surface area contributed by atoms with Gasteiger partial charge in [0.25, 0.3) is 0 Å². The van der Waals surface area contributed by atoms with Gasteiger partial charge >= 0.3 is 0 Å². The second-order valence-corrected chi connectivity index (χ2v) is 5.42. The van der Waals surface area contributed by atoms with E-state index in [9.17, 15) is 5.11 Å². The van der Waals surface area contributed by atoms with Crippen molar-refractivity contribution in [2.45, 2.75) is 37.0 Å². The summed E-state index contributed by atoms with van der Waals surface area (Å²) in [5.74, 6) is 2.06. The van der Waals surface area contributed by atoms with Crippen molar-refractivity contribution in [3.63, 3.8) is 0 Å². The minimum absolute atomic E-state index is 0.307. The first-order chi connectivity index (χ1) is 6.71. The van der Waals surface area contributed by atoms with Crippen molar-refractivity contribution in [1.29, 1.82) is 0 Å². The number of rotatable bonds is 2. The third-order valence-corrected chi connectivity index (χ3v) is 4.40. The van der Waals surface area contributed by atoms with E-state index in [0.717, 1.165) is 18.6 Å². The molecule has 2 heterocycles. The standard InChI is InChI=1S/C11H16O2S/c1-9-11(12,5-3-7-14-9)8-10-4-2-6-13-10/h2,4,6,9,12H,3,5,7-8H2,1H3. The highest BCUT2D eigenvalue weighted by atomic mass is 32.2. The second-order valence-electron chi connectivity index (χ2n) is 3.98. The van der Waals surface area contributed by atoms with Crippen LogP contribution in [0.2, 0.25) is 0 Å². The molecule has 0 amide bonds. The molecule has 1 aromatic rings. The van der Waals surface area contributed by atoms with Gasteiger partial charge in [0.15, 0.2) is 0 Å². The first kappa shape index (κ1) is 10.1. The van der Waals surface area contributed by atoms with Crippen LogP contribution in [-0.4, -0.2) is 21.7 Å². The predicted molar refractivity (Wildman–Crippen MR) is 58.5 cm³/mol. The van der Waals surface area contributed by atoms with Gasteiger partial charge in [-0.3, -0.25) is 0 Å². The minimum Gasteiger partial charge on any atom is -0.469 e. The Morgan fingerprint density at radius 3 is 3.21 bits per heavy atom. The molecule has 1 saturated heterocycles. The summed E-state index contributed by atoms with van der Waals surface area (Å²) in [6, 6.07) is 3.81. The van der Waals surface area contributed by atoms with Gasteiger partial charge < -0.3 is 9.52 Å². The van der Waals surface area contributed by atoms with E-state index < -0.39 is 5.60 Å². The second kappa shape index (κ2) is 3.99. The maximum atomic E-state index is 10.4. The van der Waals surface area contributed by atoms with Gasteiger partial charge in [-0.2, -0.15) is 11.8 Å². The molecule has 0 saturated carbocycles. The van der Waals surface area contributed by atoms with Crippen molar-refractivity contribution in [3.8, 4) is 0 Å². The van der Waals surface area contributed by atoms with Gasteiger partial charge in [-0.1, -0.05) is 6.92 Å². The Kier molecular flexibility index (Phi) is 2.88. The quantitative estimate of drug-likeness (QED) is 0.817. The minimum atomic E-state index is -0.569. The van der Waals surface area contributed by atoms with Crippen LogP contribution < -0.4 is 0 Å². The molecule has 1 N–H and O–H groups in total. The number of aliphatic hydroxyl groups is 1. The first-order valence-electron chi connectivity index (χ1n) is 5.07. The van der Waals surface area contributed by atoms with Gasteiger partial charge in [0, 0.05) is 11.7 Å². The van der Waals surface area contributed by atoms with Crippen LogP contribution in [0.5, 0.6) is 0 Å². The summed E-state index contributed by atoms with van der Waals surface area (Å²) >= 11 is 1.86. The molecule has 1 aliphatic rings. The smallest absolute Gasteiger partial charge is 0.106 e. The van der Waals surface area contributed by atoms with Crippen LogP contribution in [-0.2, 0) is 6.42 Å². The van der Waals surface area contributed by atoms with E-state index in [4.69, 9.17) is 4.42 Å². The lowest BCUT2D eigenvalue weighted by Crippen LogP contribution is -2.43. The highest BCUT2D eigenvalue weighted by Crippen LogP contribution is 2.36. The third-order valence-electron chi connectivity index (χ3n) is 2.94. The van der Waals surface area contributed by atoms with Crippen molar-refractivity contribution in [3.05, 3.63) is 24.2 Å². The predicted octanol–water partition coefficient (Wildman–Crippen LogP) is 2.47. The monoisotopic (exact) mass is 212 g/mol. The van der Waals surface area contributed by atoms with Gasteiger partial charge in [0.05, 0.1) is 11.9 Å².